The van der Waals surface area contributed by atoms with E-state index >= 15 is 0 Å². The first-order valence-corrected chi connectivity index (χ1v) is 7.97. The molecule has 1 aliphatic heterocycles. The lowest BCUT2D eigenvalue weighted by Gasteiger charge is -2.43. The predicted molar refractivity (Wildman–Crippen MR) is 85.1 cm³/mol. The SMILES string of the molecule is C[C@@H]1CN(c2ccc(C3CC3)c(CN)n2)C[C@H](C)N1C(=O)O. The first-order chi connectivity index (χ1) is 10.5. The number of piperazine rings is 1. The third-order valence-electron chi connectivity index (χ3n) is 4.67. The molecule has 1 aromatic heterocycles. The summed E-state index contributed by atoms with van der Waals surface area (Å²) in [6.07, 6.45) is 1.62. The van der Waals surface area contributed by atoms with Crippen molar-refractivity contribution in [3.63, 3.8) is 0 Å². The van der Waals surface area contributed by atoms with Crippen molar-refractivity contribution < 1.29 is 9.90 Å². The van der Waals surface area contributed by atoms with Crippen molar-refractivity contribution in [1.29, 1.82) is 0 Å². The molecule has 0 spiro atoms. The number of carbonyl (C=O) groups is 1. The van der Waals surface area contributed by atoms with Crippen LogP contribution in [0.2, 0.25) is 0 Å². The Kier molecular flexibility index (Phi) is 3.95. The van der Waals surface area contributed by atoms with Gasteiger partial charge in [0.15, 0.2) is 0 Å². The molecule has 0 bridgehead atoms. The van der Waals surface area contributed by atoms with Crippen molar-refractivity contribution in [2.75, 3.05) is 18.0 Å². The summed E-state index contributed by atoms with van der Waals surface area (Å²) in [5, 5.41) is 9.30. The van der Waals surface area contributed by atoms with Crippen molar-refractivity contribution >= 4 is 11.9 Å². The summed E-state index contributed by atoms with van der Waals surface area (Å²) in [5.74, 6) is 1.55. The summed E-state index contributed by atoms with van der Waals surface area (Å²) < 4.78 is 0. The van der Waals surface area contributed by atoms with Gasteiger partial charge in [0.1, 0.15) is 5.82 Å². The van der Waals surface area contributed by atoms with E-state index in [4.69, 9.17) is 10.7 Å². The molecule has 2 heterocycles. The summed E-state index contributed by atoms with van der Waals surface area (Å²) in [6, 6.07) is 4.11. The molecule has 1 saturated carbocycles. The molecule has 1 aliphatic carbocycles. The van der Waals surface area contributed by atoms with E-state index in [0.29, 0.717) is 25.6 Å². The van der Waals surface area contributed by atoms with Gasteiger partial charge >= 0.3 is 6.09 Å². The molecule has 0 aromatic carbocycles. The van der Waals surface area contributed by atoms with E-state index in [0.717, 1.165) is 11.5 Å². The third-order valence-corrected chi connectivity index (χ3v) is 4.67. The van der Waals surface area contributed by atoms with Crippen molar-refractivity contribution in [3.05, 3.63) is 23.4 Å². The Bertz CT molecular complexity index is 561. The average Bonchev–Trinajstić information content (AvgIpc) is 3.29. The molecule has 3 rings (SSSR count). The molecule has 2 aliphatic rings. The van der Waals surface area contributed by atoms with E-state index < -0.39 is 6.09 Å². The fourth-order valence-corrected chi connectivity index (χ4v) is 3.49. The minimum atomic E-state index is -0.848. The van der Waals surface area contributed by atoms with Crippen LogP contribution in [0.1, 0.15) is 43.9 Å². The van der Waals surface area contributed by atoms with Crippen LogP contribution in [-0.4, -0.2) is 46.3 Å². The highest BCUT2D eigenvalue weighted by molar-refractivity contribution is 5.66. The van der Waals surface area contributed by atoms with Gasteiger partial charge < -0.3 is 15.7 Å². The van der Waals surface area contributed by atoms with Gasteiger partial charge in [-0.15, -0.1) is 0 Å². The Balaban J connectivity index is 1.81. The number of rotatable bonds is 3. The van der Waals surface area contributed by atoms with Gasteiger partial charge in [-0.25, -0.2) is 9.78 Å². The first kappa shape index (κ1) is 15.1. The van der Waals surface area contributed by atoms with Crippen LogP contribution in [0.25, 0.3) is 0 Å². The van der Waals surface area contributed by atoms with Gasteiger partial charge in [0.2, 0.25) is 0 Å². The summed E-state index contributed by atoms with van der Waals surface area (Å²) in [6.45, 7) is 5.67. The molecule has 3 N–H and O–H groups in total. The molecule has 1 amide bonds. The monoisotopic (exact) mass is 304 g/mol. The van der Waals surface area contributed by atoms with Crippen LogP contribution in [-0.2, 0) is 6.54 Å². The number of anilines is 1. The maximum Gasteiger partial charge on any atom is 0.407 e. The second-order valence-electron chi connectivity index (χ2n) is 6.48. The number of nitrogens with zero attached hydrogens (tertiary/aromatic N) is 3. The Morgan fingerprint density at radius 2 is 1.95 bits per heavy atom. The summed E-state index contributed by atoms with van der Waals surface area (Å²) in [7, 11) is 0. The van der Waals surface area contributed by atoms with E-state index in [9.17, 15) is 9.90 Å². The highest BCUT2D eigenvalue weighted by atomic mass is 16.4. The van der Waals surface area contributed by atoms with Crippen LogP contribution in [0, 0.1) is 0 Å². The molecular weight excluding hydrogens is 280 g/mol. The van der Waals surface area contributed by atoms with Crippen LogP contribution in [0.4, 0.5) is 10.6 Å². The fraction of sp³-hybridized carbons (Fsp3) is 0.625. The number of nitrogens with two attached hydrogens (primary N) is 1. The smallest absolute Gasteiger partial charge is 0.407 e. The molecule has 2 atom stereocenters. The second kappa shape index (κ2) is 5.76. The standard InChI is InChI=1S/C16H24N4O2/c1-10-8-19(9-11(2)20(10)16(21)22)15-6-5-13(12-3-4-12)14(7-17)18-15/h5-6,10-12H,3-4,7-9,17H2,1-2H3,(H,21,22)/t10-,11+. The minimum Gasteiger partial charge on any atom is -0.465 e. The lowest BCUT2D eigenvalue weighted by Crippen LogP contribution is -2.58. The number of hydrogen-bond acceptors (Lipinski definition) is 4. The van der Waals surface area contributed by atoms with Gasteiger partial charge in [0.05, 0.1) is 17.8 Å². The number of hydrogen-bond donors (Lipinski definition) is 2. The van der Waals surface area contributed by atoms with E-state index in [1.807, 2.05) is 13.8 Å². The summed E-state index contributed by atoms with van der Waals surface area (Å²) >= 11 is 0. The van der Waals surface area contributed by atoms with E-state index in [1.165, 1.54) is 23.3 Å². The largest absolute Gasteiger partial charge is 0.465 e. The normalized spacial score (nSPS) is 25.4. The van der Waals surface area contributed by atoms with Gasteiger partial charge in [-0.2, -0.15) is 0 Å². The summed E-state index contributed by atoms with van der Waals surface area (Å²) in [5.41, 5.74) is 8.14. The Morgan fingerprint density at radius 3 is 2.45 bits per heavy atom. The van der Waals surface area contributed by atoms with Crippen molar-refractivity contribution in [2.45, 2.75) is 51.2 Å². The van der Waals surface area contributed by atoms with Crippen LogP contribution < -0.4 is 10.6 Å². The predicted octanol–water partition coefficient (Wildman–Crippen LogP) is 1.99. The van der Waals surface area contributed by atoms with Gasteiger partial charge in [0.25, 0.3) is 0 Å². The van der Waals surface area contributed by atoms with E-state index in [-0.39, 0.29) is 12.1 Å². The molecule has 6 nitrogen and oxygen atoms in total. The molecule has 1 aromatic rings. The van der Waals surface area contributed by atoms with Gasteiger partial charge in [0, 0.05) is 19.6 Å². The zero-order valence-electron chi connectivity index (χ0n) is 13.2. The Morgan fingerprint density at radius 1 is 1.32 bits per heavy atom. The lowest BCUT2D eigenvalue weighted by molar-refractivity contribution is 0.0981. The minimum absolute atomic E-state index is 0.0486. The zero-order chi connectivity index (χ0) is 15.9. The molecule has 0 unspecified atom stereocenters. The Labute approximate surface area is 130 Å². The zero-order valence-corrected chi connectivity index (χ0v) is 13.2. The van der Waals surface area contributed by atoms with Crippen molar-refractivity contribution in [1.82, 2.24) is 9.88 Å². The van der Waals surface area contributed by atoms with Gasteiger partial charge in [-0.3, -0.25) is 4.90 Å². The number of aromatic nitrogens is 1. The Hall–Kier alpha value is -1.82. The van der Waals surface area contributed by atoms with E-state index in [1.54, 1.807) is 0 Å². The molecule has 22 heavy (non-hydrogen) atoms. The third kappa shape index (κ3) is 2.75. The second-order valence-corrected chi connectivity index (χ2v) is 6.48. The maximum atomic E-state index is 11.3. The molecule has 0 radical (unpaired) electrons. The lowest BCUT2D eigenvalue weighted by atomic mass is 10.1. The average molecular weight is 304 g/mol. The van der Waals surface area contributed by atoms with Gasteiger partial charge in [-0.05, 0) is 44.2 Å². The van der Waals surface area contributed by atoms with E-state index in [2.05, 4.69) is 17.0 Å². The van der Waals surface area contributed by atoms with Crippen LogP contribution in [0.15, 0.2) is 12.1 Å². The fourth-order valence-electron chi connectivity index (χ4n) is 3.49. The number of amides is 1. The van der Waals surface area contributed by atoms with Gasteiger partial charge in [-0.1, -0.05) is 6.07 Å². The highest BCUT2D eigenvalue weighted by Gasteiger charge is 2.34. The molecule has 6 heteroatoms. The number of pyridine rings is 1. The van der Waals surface area contributed by atoms with Crippen LogP contribution in [0.3, 0.4) is 0 Å². The van der Waals surface area contributed by atoms with Crippen molar-refractivity contribution in [2.24, 2.45) is 5.73 Å². The topological polar surface area (TPSA) is 82.7 Å². The first-order valence-electron chi connectivity index (χ1n) is 7.97. The molecule has 120 valence electrons. The molecule has 2 fully saturated rings. The maximum absolute atomic E-state index is 11.3. The highest BCUT2D eigenvalue weighted by Crippen LogP contribution is 2.41. The molecule has 1 saturated heterocycles. The quantitative estimate of drug-likeness (QED) is 0.892. The van der Waals surface area contributed by atoms with Crippen LogP contribution >= 0.6 is 0 Å². The van der Waals surface area contributed by atoms with Crippen LogP contribution in [0.5, 0.6) is 0 Å². The number of carboxylic acid groups (broad SMARTS) is 1. The van der Waals surface area contributed by atoms with Crippen molar-refractivity contribution in [3.8, 4) is 0 Å². The molecular formula is C16H24N4O2. The summed E-state index contributed by atoms with van der Waals surface area (Å²) in [4.78, 5) is 19.8.